The van der Waals surface area contributed by atoms with Gasteiger partial charge in [-0.05, 0) is 24.3 Å². The average molecular weight is 165 g/mol. The van der Waals surface area contributed by atoms with E-state index in [0.29, 0.717) is 5.69 Å². The normalized spacial score (nSPS) is 9.08. The summed E-state index contributed by atoms with van der Waals surface area (Å²) in [5.74, 6) is 0. The number of rotatable bonds is 1. The minimum atomic E-state index is -0.236. The van der Waals surface area contributed by atoms with Crippen LogP contribution in [0.3, 0.4) is 0 Å². The molecule has 4 nitrogen and oxygen atoms in total. The fraction of sp³-hybridized carbons (Fsp3) is 0.125. The Kier molecular flexibility index (Phi) is 2.53. The number of urea groups is 1. The van der Waals surface area contributed by atoms with Gasteiger partial charge in [0.1, 0.15) is 0 Å². The summed E-state index contributed by atoms with van der Waals surface area (Å²) in [6.45, 7) is 0. The lowest BCUT2D eigenvalue weighted by atomic mass is 10.3. The maximum absolute atomic E-state index is 10.8. The molecule has 0 spiro atoms. The monoisotopic (exact) mass is 165 g/mol. The van der Waals surface area contributed by atoms with Gasteiger partial charge in [-0.25, -0.2) is 4.79 Å². The van der Waals surface area contributed by atoms with Gasteiger partial charge in [-0.1, -0.05) is 0 Å². The van der Waals surface area contributed by atoms with Crippen molar-refractivity contribution in [3.63, 3.8) is 0 Å². The summed E-state index contributed by atoms with van der Waals surface area (Å²) in [6, 6.07) is 6.70. The van der Waals surface area contributed by atoms with Crippen LogP contribution in [0.5, 0.6) is 0 Å². The molecular weight excluding hydrogens is 154 g/mol. The Balaban J connectivity index is 2.64. The van der Waals surface area contributed by atoms with E-state index >= 15 is 0 Å². The first-order chi connectivity index (χ1) is 5.72. The largest absolute Gasteiger partial charge is 0.399 e. The number of hydrogen-bond acceptors (Lipinski definition) is 2. The molecule has 0 aromatic heterocycles. The Bertz CT molecular complexity index is 268. The molecule has 0 heterocycles. The lowest BCUT2D eigenvalue weighted by molar-refractivity contribution is 0.254. The van der Waals surface area contributed by atoms with Crippen LogP contribution < -0.4 is 16.4 Å². The highest BCUT2D eigenvalue weighted by molar-refractivity contribution is 5.89. The van der Waals surface area contributed by atoms with Crippen molar-refractivity contribution in [3.05, 3.63) is 24.3 Å². The number of carbonyl (C=O) groups excluding carboxylic acids is 1. The molecule has 0 saturated carbocycles. The van der Waals surface area contributed by atoms with E-state index < -0.39 is 0 Å². The molecule has 4 heteroatoms. The molecule has 2 amide bonds. The van der Waals surface area contributed by atoms with E-state index in [9.17, 15) is 4.79 Å². The predicted molar refractivity (Wildman–Crippen MR) is 48.9 cm³/mol. The van der Waals surface area contributed by atoms with Gasteiger partial charge in [-0.3, -0.25) is 0 Å². The molecule has 64 valence electrons. The number of benzene rings is 1. The Hall–Kier alpha value is -1.71. The standard InChI is InChI=1S/C8H11N3O/c1-10-8(12)11-7-4-2-6(9)3-5-7/h2-5H,9H2,1H3,(H2,10,11,12). The molecule has 1 aromatic rings. The first kappa shape index (κ1) is 8.39. The Labute approximate surface area is 70.8 Å². The van der Waals surface area contributed by atoms with Crippen LogP contribution >= 0.6 is 0 Å². The van der Waals surface area contributed by atoms with Gasteiger partial charge in [0.25, 0.3) is 0 Å². The molecule has 0 saturated heterocycles. The molecule has 0 atom stereocenters. The van der Waals surface area contributed by atoms with Crippen molar-refractivity contribution < 1.29 is 4.79 Å². The number of amides is 2. The third kappa shape index (κ3) is 2.16. The molecule has 12 heavy (non-hydrogen) atoms. The second kappa shape index (κ2) is 3.61. The topological polar surface area (TPSA) is 67.2 Å². The minimum absolute atomic E-state index is 0.236. The SMILES string of the molecule is CNC(=O)Nc1ccc(N)cc1. The number of anilines is 2. The van der Waals surface area contributed by atoms with Crippen LogP contribution in [0.1, 0.15) is 0 Å². The quantitative estimate of drug-likeness (QED) is 0.544. The molecule has 0 aliphatic heterocycles. The molecule has 0 bridgehead atoms. The van der Waals surface area contributed by atoms with Gasteiger partial charge in [0, 0.05) is 18.4 Å². The molecule has 4 N–H and O–H groups in total. The van der Waals surface area contributed by atoms with Crippen LogP contribution in [0, 0.1) is 0 Å². The second-order valence-electron chi connectivity index (χ2n) is 2.33. The maximum Gasteiger partial charge on any atom is 0.318 e. The van der Waals surface area contributed by atoms with Gasteiger partial charge < -0.3 is 16.4 Å². The number of hydrogen-bond donors (Lipinski definition) is 3. The molecule has 0 aliphatic carbocycles. The van der Waals surface area contributed by atoms with Crippen molar-refractivity contribution in [3.8, 4) is 0 Å². The smallest absolute Gasteiger partial charge is 0.318 e. The van der Waals surface area contributed by atoms with Gasteiger partial charge in [0.2, 0.25) is 0 Å². The van der Waals surface area contributed by atoms with Crippen molar-refractivity contribution in [1.29, 1.82) is 0 Å². The Morgan fingerprint density at radius 2 is 1.92 bits per heavy atom. The zero-order valence-electron chi connectivity index (χ0n) is 6.79. The van der Waals surface area contributed by atoms with Crippen molar-refractivity contribution in [2.45, 2.75) is 0 Å². The minimum Gasteiger partial charge on any atom is -0.399 e. The summed E-state index contributed by atoms with van der Waals surface area (Å²) < 4.78 is 0. The lowest BCUT2D eigenvalue weighted by Crippen LogP contribution is -2.24. The number of nitrogens with two attached hydrogens (primary N) is 1. The number of nitrogens with one attached hydrogen (secondary N) is 2. The van der Waals surface area contributed by atoms with E-state index in [2.05, 4.69) is 10.6 Å². The average Bonchev–Trinajstić information content (AvgIpc) is 2.09. The van der Waals surface area contributed by atoms with Gasteiger partial charge in [0.15, 0.2) is 0 Å². The van der Waals surface area contributed by atoms with Crippen LogP contribution in [0.15, 0.2) is 24.3 Å². The summed E-state index contributed by atoms with van der Waals surface area (Å²) in [5, 5.41) is 5.06. The number of nitrogen functional groups attached to an aromatic ring is 1. The zero-order chi connectivity index (χ0) is 8.97. The van der Waals surface area contributed by atoms with Crippen molar-refractivity contribution in [2.24, 2.45) is 0 Å². The van der Waals surface area contributed by atoms with E-state index in [1.807, 2.05) is 0 Å². The third-order valence-corrected chi connectivity index (χ3v) is 1.40. The highest BCUT2D eigenvalue weighted by Gasteiger charge is 1.96. The lowest BCUT2D eigenvalue weighted by Gasteiger charge is -2.03. The molecule has 1 aromatic carbocycles. The molecule has 1 rings (SSSR count). The summed E-state index contributed by atoms with van der Waals surface area (Å²) in [6.07, 6.45) is 0. The van der Waals surface area contributed by atoms with Crippen LogP contribution in [-0.4, -0.2) is 13.1 Å². The predicted octanol–water partition coefficient (Wildman–Crippen LogP) is 1.02. The molecule has 0 fully saturated rings. The van der Waals surface area contributed by atoms with Crippen LogP contribution in [0.25, 0.3) is 0 Å². The summed E-state index contributed by atoms with van der Waals surface area (Å²) >= 11 is 0. The fourth-order valence-corrected chi connectivity index (χ4v) is 0.760. The zero-order valence-corrected chi connectivity index (χ0v) is 6.79. The van der Waals surface area contributed by atoms with Gasteiger partial charge in [-0.2, -0.15) is 0 Å². The summed E-state index contributed by atoms with van der Waals surface area (Å²) in [7, 11) is 1.56. The maximum atomic E-state index is 10.8. The van der Waals surface area contributed by atoms with Crippen molar-refractivity contribution in [1.82, 2.24) is 5.32 Å². The summed E-state index contributed by atoms with van der Waals surface area (Å²) in [4.78, 5) is 10.8. The first-order valence-electron chi connectivity index (χ1n) is 3.56. The highest BCUT2D eigenvalue weighted by atomic mass is 16.2. The Morgan fingerprint density at radius 3 is 2.42 bits per heavy atom. The second-order valence-corrected chi connectivity index (χ2v) is 2.33. The van der Waals surface area contributed by atoms with E-state index in [1.165, 1.54) is 0 Å². The summed E-state index contributed by atoms with van der Waals surface area (Å²) in [5.41, 5.74) is 6.87. The van der Waals surface area contributed by atoms with E-state index in [4.69, 9.17) is 5.73 Å². The van der Waals surface area contributed by atoms with Crippen molar-refractivity contribution in [2.75, 3.05) is 18.1 Å². The number of carbonyl (C=O) groups is 1. The molecule has 0 unspecified atom stereocenters. The van der Waals surface area contributed by atoms with Gasteiger partial charge in [-0.15, -0.1) is 0 Å². The van der Waals surface area contributed by atoms with E-state index in [1.54, 1.807) is 31.3 Å². The van der Waals surface area contributed by atoms with Gasteiger partial charge >= 0.3 is 6.03 Å². The highest BCUT2D eigenvalue weighted by Crippen LogP contribution is 2.09. The van der Waals surface area contributed by atoms with Crippen LogP contribution in [-0.2, 0) is 0 Å². The molecular formula is C8H11N3O. The van der Waals surface area contributed by atoms with E-state index in [-0.39, 0.29) is 6.03 Å². The molecule has 0 aliphatic rings. The van der Waals surface area contributed by atoms with Crippen molar-refractivity contribution >= 4 is 17.4 Å². The first-order valence-corrected chi connectivity index (χ1v) is 3.56. The van der Waals surface area contributed by atoms with Crippen LogP contribution in [0.4, 0.5) is 16.2 Å². The van der Waals surface area contributed by atoms with Crippen LogP contribution in [0.2, 0.25) is 0 Å². The Morgan fingerprint density at radius 1 is 1.33 bits per heavy atom. The fourth-order valence-electron chi connectivity index (χ4n) is 0.760. The molecule has 0 radical (unpaired) electrons. The van der Waals surface area contributed by atoms with E-state index in [0.717, 1.165) is 5.69 Å². The van der Waals surface area contributed by atoms with Gasteiger partial charge in [0.05, 0.1) is 0 Å². The third-order valence-electron chi connectivity index (χ3n) is 1.40.